The second kappa shape index (κ2) is 12.7. The van der Waals surface area contributed by atoms with E-state index in [1.807, 2.05) is 56.0 Å². The Morgan fingerprint density at radius 2 is 1.43 bits per heavy atom. The van der Waals surface area contributed by atoms with Crippen molar-refractivity contribution in [1.82, 2.24) is 40.1 Å². The number of nitrogens with two attached hydrogens (primary N) is 1. The van der Waals surface area contributed by atoms with Gasteiger partial charge in [0, 0.05) is 68.9 Å². The van der Waals surface area contributed by atoms with Crippen molar-refractivity contribution in [2.24, 2.45) is 7.05 Å². The normalized spacial score (nSPS) is 15.3. The van der Waals surface area contributed by atoms with E-state index in [0.717, 1.165) is 86.1 Å². The fourth-order valence-corrected chi connectivity index (χ4v) is 4.71. The Hall–Kier alpha value is -4.95. The summed E-state index contributed by atoms with van der Waals surface area (Å²) in [5.41, 5.74) is 11.2. The van der Waals surface area contributed by atoms with Crippen LogP contribution in [0.2, 0.25) is 0 Å². The van der Waals surface area contributed by atoms with Crippen molar-refractivity contribution in [2.75, 3.05) is 73.5 Å². The molecule has 2 aliphatic rings. The van der Waals surface area contributed by atoms with Crippen molar-refractivity contribution in [3.63, 3.8) is 0 Å². The van der Waals surface area contributed by atoms with Crippen LogP contribution in [0.4, 0.5) is 28.8 Å². The van der Waals surface area contributed by atoms with Crippen molar-refractivity contribution in [3.05, 3.63) is 61.3 Å². The summed E-state index contributed by atoms with van der Waals surface area (Å²) < 4.78 is 12.4. The molecule has 0 unspecified atom stereocenters. The van der Waals surface area contributed by atoms with E-state index in [4.69, 9.17) is 20.2 Å². The minimum Gasteiger partial charge on any atom is -0.382 e. The molecule has 14 heteroatoms. The van der Waals surface area contributed by atoms with Crippen LogP contribution >= 0.6 is 0 Å². The largest absolute Gasteiger partial charge is 0.382 e. The molecule has 0 aliphatic carbocycles. The van der Waals surface area contributed by atoms with Gasteiger partial charge in [-0.1, -0.05) is 0 Å². The van der Waals surface area contributed by atoms with Gasteiger partial charge in [0.05, 0.1) is 67.4 Å². The molecule has 216 valence electrons. The molecule has 7 heterocycles. The fourth-order valence-electron chi connectivity index (χ4n) is 4.71. The molecular weight excluding hydrogens is 536 g/mol. The Morgan fingerprint density at radius 1 is 0.738 bits per heavy atom. The zero-order valence-electron chi connectivity index (χ0n) is 23.3. The van der Waals surface area contributed by atoms with E-state index in [9.17, 15) is 0 Å². The number of hydrogen-bond acceptors (Lipinski definition) is 13. The average molecular weight is 569 g/mol. The molecule has 0 saturated carbocycles. The number of aryl methyl sites for hydroxylation is 1. The maximum absolute atomic E-state index is 5.53. The second-order valence-corrected chi connectivity index (χ2v) is 9.82. The van der Waals surface area contributed by atoms with Crippen molar-refractivity contribution in [3.8, 4) is 11.1 Å². The van der Waals surface area contributed by atoms with Crippen LogP contribution in [-0.2, 0) is 16.5 Å². The SMILES string of the molecule is Cn1cc(-c2cnc3ccc(Nc4cc(N5CCOCC5)cnn4)nc3c2)cn1.Nc1cc(N2CCOCC2)cnn1. The summed E-state index contributed by atoms with van der Waals surface area (Å²) >= 11 is 0. The monoisotopic (exact) mass is 568 g/mol. The molecule has 0 aromatic carbocycles. The molecule has 0 atom stereocenters. The number of pyridine rings is 2. The molecule has 14 nitrogen and oxygen atoms in total. The van der Waals surface area contributed by atoms with Crippen LogP contribution in [-0.4, -0.2) is 92.7 Å². The Labute approximate surface area is 242 Å². The third-order valence-electron chi connectivity index (χ3n) is 6.88. The Kier molecular flexibility index (Phi) is 8.23. The maximum Gasteiger partial charge on any atom is 0.156 e. The number of aromatic nitrogens is 8. The van der Waals surface area contributed by atoms with Gasteiger partial charge in [-0.3, -0.25) is 9.67 Å². The summed E-state index contributed by atoms with van der Waals surface area (Å²) in [7, 11) is 1.89. The summed E-state index contributed by atoms with van der Waals surface area (Å²) in [6, 6.07) is 9.66. The summed E-state index contributed by atoms with van der Waals surface area (Å²) in [5.74, 6) is 1.80. The Bertz CT molecular complexity index is 1630. The quantitative estimate of drug-likeness (QED) is 0.318. The molecule has 0 radical (unpaired) electrons. The van der Waals surface area contributed by atoms with E-state index in [1.165, 1.54) is 0 Å². The lowest BCUT2D eigenvalue weighted by Gasteiger charge is -2.28. The van der Waals surface area contributed by atoms with Gasteiger partial charge in [0.25, 0.3) is 0 Å². The molecular formula is C28H32N12O2. The minimum atomic E-state index is 0.462. The van der Waals surface area contributed by atoms with Gasteiger partial charge in [0.2, 0.25) is 0 Å². The molecule has 0 amide bonds. The average Bonchev–Trinajstić information content (AvgIpc) is 3.48. The number of nitrogens with one attached hydrogen (secondary N) is 1. The third kappa shape index (κ3) is 6.67. The number of morpholine rings is 2. The number of nitrogen functional groups attached to an aromatic ring is 1. The first-order chi connectivity index (χ1) is 20.6. The fraction of sp³-hybridized carbons (Fsp3) is 0.321. The van der Waals surface area contributed by atoms with Crippen LogP contribution < -0.4 is 20.9 Å². The molecule has 5 aromatic heterocycles. The molecule has 7 rings (SSSR count). The van der Waals surface area contributed by atoms with Crippen molar-refractivity contribution in [1.29, 1.82) is 0 Å². The van der Waals surface area contributed by atoms with Crippen LogP contribution in [0.1, 0.15) is 0 Å². The van der Waals surface area contributed by atoms with Crippen LogP contribution in [0.3, 0.4) is 0 Å². The summed E-state index contributed by atoms with van der Waals surface area (Å²) in [6.07, 6.45) is 9.11. The van der Waals surface area contributed by atoms with Gasteiger partial charge in [0.1, 0.15) is 11.6 Å². The van der Waals surface area contributed by atoms with Gasteiger partial charge < -0.3 is 30.3 Å². The molecule has 0 bridgehead atoms. The minimum absolute atomic E-state index is 0.462. The van der Waals surface area contributed by atoms with E-state index >= 15 is 0 Å². The second-order valence-electron chi connectivity index (χ2n) is 9.82. The zero-order valence-corrected chi connectivity index (χ0v) is 23.3. The van der Waals surface area contributed by atoms with Crippen molar-refractivity contribution in [2.45, 2.75) is 0 Å². The van der Waals surface area contributed by atoms with E-state index in [1.54, 1.807) is 17.1 Å². The highest BCUT2D eigenvalue weighted by Gasteiger charge is 2.13. The first-order valence-electron chi connectivity index (χ1n) is 13.7. The molecule has 2 fully saturated rings. The third-order valence-corrected chi connectivity index (χ3v) is 6.88. The number of ether oxygens (including phenoxy) is 2. The van der Waals surface area contributed by atoms with Crippen LogP contribution in [0.15, 0.2) is 61.3 Å². The van der Waals surface area contributed by atoms with E-state index in [0.29, 0.717) is 17.5 Å². The predicted octanol–water partition coefficient (Wildman–Crippen LogP) is 2.30. The Balaban J connectivity index is 0.000000203. The lowest BCUT2D eigenvalue weighted by Crippen LogP contribution is -2.36. The lowest BCUT2D eigenvalue weighted by atomic mass is 10.1. The number of hydrogen-bond donors (Lipinski definition) is 2. The Morgan fingerprint density at radius 3 is 2.10 bits per heavy atom. The van der Waals surface area contributed by atoms with Crippen LogP contribution in [0.25, 0.3) is 22.2 Å². The summed E-state index contributed by atoms with van der Waals surface area (Å²) in [4.78, 5) is 13.6. The van der Waals surface area contributed by atoms with Gasteiger partial charge in [-0.2, -0.15) is 15.3 Å². The highest BCUT2D eigenvalue weighted by molar-refractivity contribution is 5.81. The first-order valence-corrected chi connectivity index (χ1v) is 13.7. The number of nitrogens with zero attached hydrogens (tertiary/aromatic N) is 10. The van der Waals surface area contributed by atoms with Gasteiger partial charge in [-0.25, -0.2) is 4.98 Å². The first kappa shape index (κ1) is 27.2. The predicted molar refractivity (Wildman–Crippen MR) is 160 cm³/mol. The molecule has 42 heavy (non-hydrogen) atoms. The standard InChI is InChI=1S/C20H20N8O.C8H12N4O/c1-27-13-15(11-23-27)14-8-18-17(21-10-14)2-3-19(24-18)25-20-9-16(12-22-26-20)28-4-6-29-7-5-28;9-8-5-7(6-10-11-8)12-1-3-13-4-2-12/h2-3,8-13H,4-7H2,1H3,(H,24,25,26);5-6H,1-4H2,(H2,9,11). The highest BCUT2D eigenvalue weighted by atomic mass is 16.5. The molecule has 2 aliphatic heterocycles. The van der Waals surface area contributed by atoms with Crippen LogP contribution in [0.5, 0.6) is 0 Å². The molecule has 3 N–H and O–H groups in total. The van der Waals surface area contributed by atoms with Crippen molar-refractivity contribution >= 4 is 39.9 Å². The number of fused-ring (bicyclic) bond motifs is 1. The number of rotatable bonds is 5. The van der Waals surface area contributed by atoms with Gasteiger partial charge in [-0.05, 0) is 18.2 Å². The topological polar surface area (TPSA) is 158 Å². The maximum atomic E-state index is 5.53. The smallest absolute Gasteiger partial charge is 0.156 e. The van der Waals surface area contributed by atoms with Crippen molar-refractivity contribution < 1.29 is 9.47 Å². The van der Waals surface area contributed by atoms with Crippen LogP contribution in [0, 0.1) is 0 Å². The number of anilines is 5. The van der Waals surface area contributed by atoms with Gasteiger partial charge >= 0.3 is 0 Å². The molecule has 5 aromatic rings. The summed E-state index contributed by atoms with van der Waals surface area (Å²) in [6.45, 7) is 6.47. The van der Waals surface area contributed by atoms with E-state index in [-0.39, 0.29) is 0 Å². The summed E-state index contributed by atoms with van der Waals surface area (Å²) in [5, 5.41) is 23.3. The van der Waals surface area contributed by atoms with Gasteiger partial charge in [0.15, 0.2) is 5.82 Å². The zero-order chi connectivity index (χ0) is 28.7. The van der Waals surface area contributed by atoms with E-state index in [2.05, 4.69) is 45.6 Å². The molecule has 0 spiro atoms. The molecule has 2 saturated heterocycles. The lowest BCUT2D eigenvalue weighted by molar-refractivity contribution is 0.122. The van der Waals surface area contributed by atoms with E-state index < -0.39 is 0 Å². The highest BCUT2D eigenvalue weighted by Crippen LogP contribution is 2.24. The van der Waals surface area contributed by atoms with Gasteiger partial charge in [-0.15, -0.1) is 10.2 Å².